The maximum absolute atomic E-state index is 13.5. The van der Waals surface area contributed by atoms with Gasteiger partial charge in [-0.3, -0.25) is 0 Å². The van der Waals surface area contributed by atoms with E-state index in [9.17, 15) is 8.60 Å². The van der Waals surface area contributed by atoms with Gasteiger partial charge in [0.2, 0.25) is 0 Å². The lowest BCUT2D eigenvalue weighted by molar-refractivity contribution is 0.620. The van der Waals surface area contributed by atoms with Crippen LogP contribution in [0.25, 0.3) is 0 Å². The summed E-state index contributed by atoms with van der Waals surface area (Å²) in [6, 6.07) is 6.95. The second-order valence-electron chi connectivity index (χ2n) is 3.96. The zero-order valence-electron chi connectivity index (χ0n) is 9.15. The molecule has 3 nitrogen and oxygen atoms in total. The van der Waals surface area contributed by atoms with E-state index < -0.39 is 11.0 Å². The second-order valence-corrected chi connectivity index (χ2v) is 5.10. The van der Waals surface area contributed by atoms with Crippen molar-refractivity contribution in [3.05, 3.63) is 30.1 Å². The summed E-state index contributed by atoms with van der Waals surface area (Å²) >= 11 is 0. The van der Waals surface area contributed by atoms with Gasteiger partial charge in [0.15, 0.2) is 0 Å². The first-order valence-electron chi connectivity index (χ1n) is 5.26. The van der Waals surface area contributed by atoms with Crippen molar-refractivity contribution >= 4 is 16.7 Å². The summed E-state index contributed by atoms with van der Waals surface area (Å²) in [5, 5.41) is 0. The normalized spacial score (nSPS) is 22.4. The second kappa shape index (κ2) is 4.93. The SMILES string of the molecule is CS(=O)N[C@H]1CCN(c2ccccc2F)C1. The molecule has 2 atom stereocenters. The van der Waals surface area contributed by atoms with Crippen molar-refractivity contribution in [2.75, 3.05) is 24.2 Å². The predicted molar refractivity (Wildman–Crippen MR) is 64.2 cm³/mol. The van der Waals surface area contributed by atoms with Gasteiger partial charge in [-0.2, -0.15) is 0 Å². The Morgan fingerprint density at radius 2 is 2.25 bits per heavy atom. The molecule has 1 aromatic rings. The molecule has 1 saturated heterocycles. The van der Waals surface area contributed by atoms with Gasteiger partial charge in [0.25, 0.3) is 0 Å². The van der Waals surface area contributed by atoms with Crippen molar-refractivity contribution in [2.45, 2.75) is 12.5 Å². The standard InChI is InChI=1S/C11H15FN2OS/c1-16(15)13-9-6-7-14(8-9)11-5-3-2-4-10(11)12/h2-5,9,13H,6-8H2,1H3/t9-,16?/m0/s1. The Morgan fingerprint density at radius 1 is 1.50 bits per heavy atom. The molecule has 1 aromatic carbocycles. The lowest BCUT2D eigenvalue weighted by Gasteiger charge is -2.19. The zero-order chi connectivity index (χ0) is 11.5. The molecule has 0 radical (unpaired) electrons. The van der Waals surface area contributed by atoms with Crippen molar-refractivity contribution in [3.63, 3.8) is 0 Å². The Bertz CT molecular complexity index is 399. The first-order chi connectivity index (χ1) is 7.66. The van der Waals surface area contributed by atoms with Gasteiger partial charge in [0, 0.05) is 25.4 Å². The molecule has 1 aliphatic heterocycles. The molecule has 1 fully saturated rings. The summed E-state index contributed by atoms with van der Waals surface area (Å²) < 4.78 is 27.5. The van der Waals surface area contributed by atoms with E-state index in [1.165, 1.54) is 6.07 Å². The van der Waals surface area contributed by atoms with Crippen molar-refractivity contribution in [1.29, 1.82) is 0 Å². The van der Waals surface area contributed by atoms with Gasteiger partial charge in [-0.25, -0.2) is 13.3 Å². The van der Waals surface area contributed by atoms with E-state index in [1.54, 1.807) is 18.4 Å². The van der Waals surface area contributed by atoms with Crippen LogP contribution < -0.4 is 9.62 Å². The largest absolute Gasteiger partial charge is 0.368 e. The summed E-state index contributed by atoms with van der Waals surface area (Å²) in [7, 11) is -1.00. The quantitative estimate of drug-likeness (QED) is 0.866. The van der Waals surface area contributed by atoms with Gasteiger partial charge in [0.05, 0.1) is 16.7 Å². The van der Waals surface area contributed by atoms with E-state index in [1.807, 2.05) is 11.0 Å². The molecular formula is C11H15FN2OS. The maximum Gasteiger partial charge on any atom is 0.146 e. The van der Waals surface area contributed by atoms with Crippen LogP contribution >= 0.6 is 0 Å². The highest BCUT2D eigenvalue weighted by molar-refractivity contribution is 7.82. The van der Waals surface area contributed by atoms with Crippen molar-refractivity contribution < 1.29 is 8.60 Å². The minimum absolute atomic E-state index is 0.186. The molecule has 1 heterocycles. The first-order valence-corrected chi connectivity index (χ1v) is 6.81. The molecule has 1 N–H and O–H groups in total. The lowest BCUT2D eigenvalue weighted by Crippen LogP contribution is -2.33. The highest BCUT2D eigenvalue weighted by atomic mass is 32.2. The molecule has 0 saturated carbocycles. The fraction of sp³-hybridized carbons (Fsp3) is 0.455. The number of nitrogens with zero attached hydrogens (tertiary/aromatic N) is 1. The van der Waals surface area contributed by atoms with E-state index in [4.69, 9.17) is 0 Å². The topological polar surface area (TPSA) is 32.3 Å². The Labute approximate surface area is 97.2 Å². The molecule has 5 heteroatoms. The average Bonchev–Trinajstić information content (AvgIpc) is 2.66. The third-order valence-corrected chi connectivity index (χ3v) is 3.38. The minimum atomic E-state index is -1.00. The number of halogens is 1. The molecule has 1 unspecified atom stereocenters. The van der Waals surface area contributed by atoms with Crippen LogP contribution in [0.5, 0.6) is 0 Å². The molecule has 0 aliphatic carbocycles. The van der Waals surface area contributed by atoms with Gasteiger partial charge in [-0.05, 0) is 18.6 Å². The van der Waals surface area contributed by atoms with Crippen molar-refractivity contribution in [1.82, 2.24) is 4.72 Å². The van der Waals surface area contributed by atoms with Gasteiger partial charge >= 0.3 is 0 Å². The van der Waals surface area contributed by atoms with Crippen LogP contribution in [0.4, 0.5) is 10.1 Å². The molecule has 16 heavy (non-hydrogen) atoms. The molecule has 88 valence electrons. The van der Waals surface area contributed by atoms with Crippen LogP contribution in [0.15, 0.2) is 24.3 Å². The summed E-state index contributed by atoms with van der Waals surface area (Å²) in [6.07, 6.45) is 2.51. The van der Waals surface area contributed by atoms with Crippen LogP contribution in [0.3, 0.4) is 0 Å². The Kier molecular flexibility index (Phi) is 3.56. The molecule has 2 rings (SSSR count). The molecule has 0 bridgehead atoms. The zero-order valence-corrected chi connectivity index (χ0v) is 9.97. The summed E-state index contributed by atoms with van der Waals surface area (Å²) in [5.41, 5.74) is 0.633. The van der Waals surface area contributed by atoms with Crippen LogP contribution in [-0.2, 0) is 11.0 Å². The van der Waals surface area contributed by atoms with E-state index in [0.717, 1.165) is 13.0 Å². The molecular weight excluding hydrogens is 227 g/mol. The number of para-hydroxylation sites is 1. The van der Waals surface area contributed by atoms with Crippen molar-refractivity contribution in [2.24, 2.45) is 0 Å². The number of anilines is 1. The van der Waals surface area contributed by atoms with E-state index in [-0.39, 0.29) is 11.9 Å². The minimum Gasteiger partial charge on any atom is -0.368 e. The number of rotatable bonds is 3. The number of nitrogens with one attached hydrogen (secondary N) is 1. The Balaban J connectivity index is 2.04. The van der Waals surface area contributed by atoms with Crippen LogP contribution in [0.1, 0.15) is 6.42 Å². The fourth-order valence-corrected chi connectivity index (χ4v) is 2.68. The fourth-order valence-electron chi connectivity index (χ4n) is 2.02. The molecule has 0 spiro atoms. The summed E-state index contributed by atoms with van der Waals surface area (Å²) in [5.74, 6) is -0.194. The van der Waals surface area contributed by atoms with E-state index in [0.29, 0.717) is 12.2 Å². The van der Waals surface area contributed by atoms with Gasteiger partial charge in [-0.1, -0.05) is 12.1 Å². The Hall–Kier alpha value is -0.940. The first kappa shape index (κ1) is 11.5. The van der Waals surface area contributed by atoms with Crippen LogP contribution in [-0.4, -0.2) is 29.6 Å². The molecule has 1 aliphatic rings. The third-order valence-electron chi connectivity index (χ3n) is 2.71. The van der Waals surface area contributed by atoms with Gasteiger partial charge in [-0.15, -0.1) is 0 Å². The number of benzene rings is 1. The highest BCUT2D eigenvalue weighted by Gasteiger charge is 2.24. The Morgan fingerprint density at radius 3 is 2.94 bits per heavy atom. The van der Waals surface area contributed by atoms with Crippen LogP contribution in [0.2, 0.25) is 0 Å². The average molecular weight is 242 g/mol. The van der Waals surface area contributed by atoms with Crippen molar-refractivity contribution in [3.8, 4) is 0 Å². The summed E-state index contributed by atoms with van der Waals surface area (Å²) in [4.78, 5) is 1.99. The smallest absolute Gasteiger partial charge is 0.146 e. The monoisotopic (exact) mass is 242 g/mol. The third kappa shape index (κ3) is 2.59. The molecule has 0 amide bonds. The predicted octanol–water partition coefficient (Wildman–Crippen LogP) is 1.29. The lowest BCUT2D eigenvalue weighted by atomic mass is 10.3. The highest BCUT2D eigenvalue weighted by Crippen LogP contribution is 2.23. The summed E-state index contributed by atoms with van der Waals surface area (Å²) in [6.45, 7) is 1.51. The molecule has 0 aromatic heterocycles. The van der Waals surface area contributed by atoms with E-state index >= 15 is 0 Å². The number of hydrogen-bond acceptors (Lipinski definition) is 2. The number of hydrogen-bond donors (Lipinski definition) is 1. The van der Waals surface area contributed by atoms with Gasteiger partial charge < -0.3 is 4.90 Å². The maximum atomic E-state index is 13.5. The van der Waals surface area contributed by atoms with Crippen LogP contribution in [0, 0.1) is 5.82 Å². The van der Waals surface area contributed by atoms with Gasteiger partial charge in [0.1, 0.15) is 5.82 Å². The van der Waals surface area contributed by atoms with E-state index in [2.05, 4.69) is 4.72 Å².